The number of rotatable bonds is 3. The van der Waals surface area contributed by atoms with Crippen LogP contribution in [0.2, 0.25) is 0 Å². The molecule has 2 rings (SSSR count). The van der Waals surface area contributed by atoms with Crippen LogP contribution in [-0.4, -0.2) is 32.7 Å². The summed E-state index contributed by atoms with van der Waals surface area (Å²) in [5.41, 5.74) is 0. The van der Waals surface area contributed by atoms with Gasteiger partial charge in [-0.2, -0.15) is 24.6 Å². The fourth-order valence-electron chi connectivity index (χ4n) is 1.53. The van der Waals surface area contributed by atoms with Gasteiger partial charge in [-0.15, -0.1) is 0 Å². The van der Waals surface area contributed by atoms with Crippen molar-refractivity contribution in [3.8, 4) is 0 Å². The van der Waals surface area contributed by atoms with E-state index in [0.717, 1.165) is 18.2 Å². The fraction of sp³-hybridized carbons (Fsp3) is 0.667. The van der Waals surface area contributed by atoms with Crippen molar-refractivity contribution < 1.29 is 13.2 Å². The first-order chi connectivity index (χ1) is 7.16. The van der Waals surface area contributed by atoms with Crippen molar-refractivity contribution in [1.82, 2.24) is 0 Å². The molecule has 1 saturated heterocycles. The largest absolute Gasteiger partial charge is 0.491 e. The smallest absolute Gasteiger partial charge is 0.279 e. The van der Waals surface area contributed by atoms with Gasteiger partial charge < -0.3 is 4.74 Å². The van der Waals surface area contributed by atoms with E-state index >= 15 is 0 Å². The molecule has 84 valence electrons. The third kappa shape index (κ3) is 3.24. The minimum absolute atomic E-state index is 0.369. The molecule has 0 unspecified atom stereocenters. The molecule has 0 saturated carbocycles. The van der Waals surface area contributed by atoms with Gasteiger partial charge in [-0.3, -0.25) is 0 Å². The molecule has 2 aliphatic heterocycles. The molecule has 6 heteroatoms. The van der Waals surface area contributed by atoms with Crippen LogP contribution in [0.3, 0.4) is 0 Å². The Bertz CT molecular complexity index is 380. The highest BCUT2D eigenvalue weighted by Gasteiger charge is 2.17. The molecule has 15 heavy (non-hydrogen) atoms. The normalized spacial score (nSPS) is 25.2. The Labute approximate surface area is 93.9 Å². The van der Waals surface area contributed by atoms with Gasteiger partial charge in [0, 0.05) is 0 Å². The van der Waals surface area contributed by atoms with E-state index < -0.39 is 10.0 Å². The minimum Gasteiger partial charge on any atom is -0.491 e. The Kier molecular flexibility index (Phi) is 3.35. The van der Waals surface area contributed by atoms with Gasteiger partial charge >= 0.3 is 0 Å². The van der Waals surface area contributed by atoms with E-state index in [9.17, 15) is 8.42 Å². The Morgan fingerprint density at radius 1 is 1.47 bits per heavy atom. The molecule has 4 nitrogen and oxygen atoms in total. The van der Waals surface area contributed by atoms with E-state index in [1.807, 2.05) is 11.8 Å². The number of allylic oxidation sites excluding steroid dienone is 1. The maximum Gasteiger partial charge on any atom is 0.279 e. The molecule has 0 aromatic carbocycles. The first-order valence-corrected chi connectivity index (χ1v) is 7.54. The van der Waals surface area contributed by atoms with E-state index in [2.05, 4.69) is 4.40 Å². The zero-order valence-corrected chi connectivity index (χ0v) is 9.89. The van der Waals surface area contributed by atoms with Crippen LogP contribution >= 0.6 is 11.8 Å². The lowest BCUT2D eigenvalue weighted by molar-refractivity contribution is 0.176. The number of hydrogen-bond acceptors (Lipinski definition) is 4. The van der Waals surface area contributed by atoms with Crippen molar-refractivity contribution in [2.45, 2.75) is 12.8 Å². The second-order valence-electron chi connectivity index (χ2n) is 3.64. The lowest BCUT2D eigenvalue weighted by Crippen LogP contribution is -2.15. The van der Waals surface area contributed by atoms with Crippen LogP contribution in [0.4, 0.5) is 0 Å². The highest BCUT2D eigenvalue weighted by molar-refractivity contribution is 7.99. The predicted octanol–water partition coefficient (Wildman–Crippen LogP) is 1.40. The van der Waals surface area contributed by atoms with Gasteiger partial charge in [0.2, 0.25) is 0 Å². The standard InChI is InChI=1S/C9H13NO3S2/c11-15(12)7-9(5-10-15)13-6-8-1-3-14-4-2-8/h5,7-8H,1-4,6H2. The maximum absolute atomic E-state index is 10.9. The first kappa shape index (κ1) is 11.0. The van der Waals surface area contributed by atoms with Crippen LogP contribution in [-0.2, 0) is 14.8 Å². The Morgan fingerprint density at radius 3 is 2.80 bits per heavy atom. The van der Waals surface area contributed by atoms with Crippen molar-refractivity contribution in [2.75, 3.05) is 18.1 Å². The molecule has 0 aromatic rings. The Balaban J connectivity index is 1.81. The van der Waals surface area contributed by atoms with Crippen molar-refractivity contribution in [3.63, 3.8) is 0 Å². The minimum atomic E-state index is -3.37. The van der Waals surface area contributed by atoms with Gasteiger partial charge in [0.1, 0.15) is 0 Å². The van der Waals surface area contributed by atoms with Crippen molar-refractivity contribution in [1.29, 1.82) is 0 Å². The van der Waals surface area contributed by atoms with Crippen LogP contribution in [0.1, 0.15) is 12.8 Å². The second-order valence-corrected chi connectivity index (χ2v) is 6.34. The van der Waals surface area contributed by atoms with Gasteiger partial charge in [-0.1, -0.05) is 0 Å². The molecular weight excluding hydrogens is 234 g/mol. The molecule has 0 aliphatic carbocycles. The number of ether oxygens (including phenoxy) is 1. The summed E-state index contributed by atoms with van der Waals surface area (Å²) in [5, 5.41) is 1.07. The number of thioether (sulfide) groups is 1. The average molecular weight is 247 g/mol. The Morgan fingerprint density at radius 2 is 2.20 bits per heavy atom. The number of hydrogen-bond donors (Lipinski definition) is 0. The van der Waals surface area contributed by atoms with Crippen LogP contribution in [0.5, 0.6) is 0 Å². The van der Waals surface area contributed by atoms with Crippen molar-refractivity contribution in [2.24, 2.45) is 10.3 Å². The summed E-state index contributed by atoms with van der Waals surface area (Å²) in [6.45, 7) is 0.605. The number of nitrogens with zero attached hydrogens (tertiary/aromatic N) is 1. The highest BCUT2D eigenvalue weighted by atomic mass is 32.2. The predicted molar refractivity (Wildman–Crippen MR) is 61.5 cm³/mol. The van der Waals surface area contributed by atoms with Gasteiger partial charge in [-0.05, 0) is 30.3 Å². The molecule has 0 amide bonds. The lowest BCUT2D eigenvalue weighted by Gasteiger charge is -2.21. The molecule has 0 spiro atoms. The average Bonchev–Trinajstić information content (AvgIpc) is 2.57. The van der Waals surface area contributed by atoms with Crippen LogP contribution in [0.25, 0.3) is 0 Å². The summed E-state index contributed by atoms with van der Waals surface area (Å²) in [7, 11) is -3.37. The zero-order chi connectivity index (χ0) is 10.7. The first-order valence-electron chi connectivity index (χ1n) is 4.88. The molecule has 0 N–H and O–H groups in total. The van der Waals surface area contributed by atoms with Gasteiger partial charge in [-0.25, -0.2) is 0 Å². The molecular formula is C9H13NO3S2. The molecule has 1 fully saturated rings. The summed E-state index contributed by atoms with van der Waals surface area (Å²) >= 11 is 1.96. The summed E-state index contributed by atoms with van der Waals surface area (Å²) < 4.78 is 30.6. The van der Waals surface area contributed by atoms with Crippen LogP contribution in [0, 0.1) is 5.92 Å². The fourth-order valence-corrected chi connectivity index (χ4v) is 3.47. The van der Waals surface area contributed by atoms with Gasteiger partial charge in [0.25, 0.3) is 10.0 Å². The van der Waals surface area contributed by atoms with Gasteiger partial charge in [0.15, 0.2) is 5.76 Å². The molecule has 0 bridgehead atoms. The van der Waals surface area contributed by atoms with E-state index in [4.69, 9.17) is 4.74 Å². The molecule has 0 aromatic heterocycles. The van der Waals surface area contributed by atoms with Gasteiger partial charge in [0.05, 0.1) is 18.2 Å². The molecule has 0 radical (unpaired) electrons. The molecule has 0 atom stereocenters. The summed E-state index contributed by atoms with van der Waals surface area (Å²) in [4.78, 5) is 0. The molecule has 2 aliphatic rings. The summed E-state index contributed by atoms with van der Waals surface area (Å²) in [6.07, 6.45) is 3.58. The monoisotopic (exact) mass is 247 g/mol. The topological polar surface area (TPSA) is 55.7 Å². The van der Waals surface area contributed by atoms with Crippen LogP contribution in [0.15, 0.2) is 15.6 Å². The van der Waals surface area contributed by atoms with Crippen molar-refractivity contribution in [3.05, 3.63) is 11.2 Å². The number of sulfonamides is 1. The summed E-state index contributed by atoms with van der Waals surface area (Å²) in [5.74, 6) is 3.29. The SMILES string of the molecule is O=S1(=O)C=C(OCC2CCSCC2)C=N1. The second kappa shape index (κ2) is 4.57. The quantitative estimate of drug-likeness (QED) is 0.756. The lowest BCUT2D eigenvalue weighted by atomic mass is 10.0. The summed E-state index contributed by atoms with van der Waals surface area (Å²) in [6, 6.07) is 0. The highest BCUT2D eigenvalue weighted by Crippen LogP contribution is 2.23. The van der Waals surface area contributed by atoms with Crippen LogP contribution < -0.4 is 0 Å². The third-order valence-corrected chi connectivity index (χ3v) is 4.40. The van der Waals surface area contributed by atoms with E-state index in [-0.39, 0.29) is 0 Å². The zero-order valence-electron chi connectivity index (χ0n) is 8.26. The Hall–Kier alpha value is -0.490. The molecule has 2 heterocycles. The van der Waals surface area contributed by atoms with E-state index in [1.54, 1.807) is 0 Å². The maximum atomic E-state index is 10.9. The third-order valence-electron chi connectivity index (χ3n) is 2.42. The van der Waals surface area contributed by atoms with Crippen molar-refractivity contribution >= 4 is 28.0 Å². The van der Waals surface area contributed by atoms with E-state index in [1.165, 1.54) is 17.7 Å². The van der Waals surface area contributed by atoms with E-state index in [0.29, 0.717) is 18.3 Å².